The van der Waals surface area contributed by atoms with Gasteiger partial charge in [-0.25, -0.2) is 0 Å². The molecule has 1 saturated heterocycles. The molecule has 1 aliphatic heterocycles. The van der Waals surface area contributed by atoms with Crippen molar-refractivity contribution < 1.29 is 9.47 Å². The zero-order valence-corrected chi connectivity index (χ0v) is 11.4. The first-order chi connectivity index (χ1) is 8.24. The number of rotatable bonds is 4. The average molecular weight is 297 g/mol. The lowest BCUT2D eigenvalue weighted by Gasteiger charge is -2.23. The first-order valence-electron chi connectivity index (χ1n) is 5.94. The smallest absolute Gasteiger partial charge is 0.199 e. The number of hydrogen-bond acceptors (Lipinski definition) is 2. The number of ether oxygens (including phenoxy) is 2. The quantitative estimate of drug-likeness (QED) is 0.835. The Labute approximate surface area is 111 Å². The van der Waals surface area contributed by atoms with Crippen LogP contribution in [0.3, 0.4) is 0 Å². The Morgan fingerprint density at radius 3 is 3.06 bits per heavy atom. The van der Waals surface area contributed by atoms with E-state index in [4.69, 9.17) is 9.47 Å². The van der Waals surface area contributed by atoms with E-state index in [1.807, 2.05) is 18.2 Å². The maximum Gasteiger partial charge on any atom is 0.199 e. The maximum absolute atomic E-state index is 5.81. The van der Waals surface area contributed by atoms with Crippen molar-refractivity contribution in [2.24, 2.45) is 0 Å². The molecule has 2 rings (SSSR count). The van der Waals surface area contributed by atoms with Crippen LogP contribution >= 0.6 is 15.9 Å². The second-order valence-electron chi connectivity index (χ2n) is 4.26. The van der Waals surface area contributed by atoms with Crippen LogP contribution in [-0.2, 0) is 11.2 Å². The van der Waals surface area contributed by atoms with Crippen LogP contribution in [0.1, 0.15) is 24.8 Å². The highest BCUT2D eigenvalue weighted by Gasteiger charge is 2.15. The molecule has 0 aliphatic carbocycles. The van der Waals surface area contributed by atoms with Crippen LogP contribution in [-0.4, -0.2) is 12.9 Å². The van der Waals surface area contributed by atoms with Crippen LogP contribution in [0.2, 0.25) is 0 Å². The molecule has 0 N–H and O–H groups in total. The molecule has 0 amide bonds. The fraction of sp³-hybridized carbons (Fsp3) is 0.429. The minimum Gasteiger partial charge on any atom is -0.465 e. The van der Waals surface area contributed by atoms with Crippen LogP contribution in [0.15, 0.2) is 35.3 Å². The zero-order valence-electron chi connectivity index (χ0n) is 9.82. The van der Waals surface area contributed by atoms with Crippen LogP contribution in [0, 0.1) is 0 Å². The van der Waals surface area contributed by atoms with E-state index in [0.717, 1.165) is 36.1 Å². The molecule has 0 radical (unpaired) electrons. The van der Waals surface area contributed by atoms with E-state index in [9.17, 15) is 0 Å². The molecule has 17 heavy (non-hydrogen) atoms. The average Bonchev–Trinajstić information content (AvgIpc) is 2.30. The van der Waals surface area contributed by atoms with Gasteiger partial charge in [-0.05, 0) is 35.0 Å². The first-order valence-corrected chi connectivity index (χ1v) is 6.74. The molecule has 3 heteroatoms. The molecular formula is C14H17BrO2. The van der Waals surface area contributed by atoms with Crippen molar-refractivity contribution in [2.75, 3.05) is 6.61 Å². The Morgan fingerprint density at radius 1 is 1.47 bits per heavy atom. The summed E-state index contributed by atoms with van der Waals surface area (Å²) in [4.78, 5) is 0. The third kappa shape index (κ3) is 4.17. The van der Waals surface area contributed by atoms with Crippen molar-refractivity contribution in [2.45, 2.75) is 32.0 Å². The van der Waals surface area contributed by atoms with Gasteiger partial charge in [-0.1, -0.05) is 34.6 Å². The summed E-state index contributed by atoms with van der Waals surface area (Å²) in [6.07, 6.45) is 4.05. The molecule has 0 bridgehead atoms. The molecule has 0 aromatic heterocycles. The molecule has 1 unspecified atom stereocenters. The topological polar surface area (TPSA) is 18.5 Å². The van der Waals surface area contributed by atoms with Crippen molar-refractivity contribution in [1.29, 1.82) is 0 Å². The van der Waals surface area contributed by atoms with Gasteiger partial charge in [0.15, 0.2) is 6.29 Å². The van der Waals surface area contributed by atoms with E-state index in [1.165, 1.54) is 12.0 Å². The molecular weight excluding hydrogens is 280 g/mol. The van der Waals surface area contributed by atoms with Crippen LogP contribution in [0.4, 0.5) is 0 Å². The third-order valence-electron chi connectivity index (χ3n) is 2.70. The van der Waals surface area contributed by atoms with Gasteiger partial charge in [0, 0.05) is 12.8 Å². The van der Waals surface area contributed by atoms with Crippen molar-refractivity contribution in [3.63, 3.8) is 0 Å². The maximum atomic E-state index is 5.81. The van der Waals surface area contributed by atoms with Gasteiger partial charge in [0.05, 0.1) is 6.61 Å². The largest absolute Gasteiger partial charge is 0.465 e. The summed E-state index contributed by atoms with van der Waals surface area (Å²) in [7, 11) is 0. The van der Waals surface area contributed by atoms with Gasteiger partial charge < -0.3 is 9.47 Å². The number of hydrogen-bond donors (Lipinski definition) is 0. The summed E-state index contributed by atoms with van der Waals surface area (Å²) in [5.74, 6) is 0.878. The number of allylic oxidation sites excluding steroid dienone is 1. The minimum absolute atomic E-state index is 0.0776. The lowest BCUT2D eigenvalue weighted by Crippen LogP contribution is -2.24. The van der Waals surface area contributed by atoms with E-state index >= 15 is 0 Å². The van der Waals surface area contributed by atoms with Gasteiger partial charge in [0.25, 0.3) is 0 Å². The first kappa shape index (κ1) is 12.7. The predicted molar refractivity (Wildman–Crippen MR) is 72.4 cm³/mol. The lowest BCUT2D eigenvalue weighted by atomic mass is 10.1. The van der Waals surface area contributed by atoms with E-state index in [0.29, 0.717) is 0 Å². The molecule has 1 aromatic rings. The van der Waals surface area contributed by atoms with Gasteiger partial charge >= 0.3 is 0 Å². The van der Waals surface area contributed by atoms with Crippen molar-refractivity contribution >= 4 is 15.9 Å². The second kappa shape index (κ2) is 6.22. The van der Waals surface area contributed by atoms with Crippen molar-refractivity contribution in [3.05, 3.63) is 40.9 Å². The zero-order chi connectivity index (χ0) is 12.1. The fourth-order valence-corrected chi connectivity index (χ4v) is 2.23. The molecule has 92 valence electrons. The van der Waals surface area contributed by atoms with Gasteiger partial charge in [-0.15, -0.1) is 0 Å². The van der Waals surface area contributed by atoms with E-state index in [-0.39, 0.29) is 6.29 Å². The monoisotopic (exact) mass is 296 g/mol. The summed E-state index contributed by atoms with van der Waals surface area (Å²) in [6, 6.07) is 8.09. The summed E-state index contributed by atoms with van der Waals surface area (Å²) in [6.45, 7) is 4.66. The third-order valence-corrected chi connectivity index (χ3v) is 2.98. The molecule has 1 heterocycles. The lowest BCUT2D eigenvalue weighted by molar-refractivity contribution is -0.105. The number of benzene rings is 1. The van der Waals surface area contributed by atoms with Gasteiger partial charge in [0.2, 0.25) is 0 Å². The van der Waals surface area contributed by atoms with Crippen molar-refractivity contribution in [3.8, 4) is 5.75 Å². The normalized spacial score (nSPS) is 19.9. The SMILES string of the molecule is C=C(Br)Cc1cccc(OC2CCCCO2)c1. The second-order valence-corrected chi connectivity index (χ2v) is 5.38. The summed E-state index contributed by atoms with van der Waals surface area (Å²) >= 11 is 3.37. The Kier molecular flexibility index (Phi) is 4.63. The highest BCUT2D eigenvalue weighted by molar-refractivity contribution is 9.11. The summed E-state index contributed by atoms with van der Waals surface area (Å²) in [5.41, 5.74) is 1.19. The molecule has 1 atom stereocenters. The highest BCUT2D eigenvalue weighted by atomic mass is 79.9. The van der Waals surface area contributed by atoms with Crippen LogP contribution in [0.5, 0.6) is 5.75 Å². The Bertz CT molecular complexity index is 384. The molecule has 1 fully saturated rings. The molecule has 1 aromatic carbocycles. The molecule has 0 spiro atoms. The Balaban J connectivity index is 1.97. The molecule has 0 saturated carbocycles. The van der Waals surface area contributed by atoms with Gasteiger partial charge in [-0.2, -0.15) is 0 Å². The standard InChI is InChI=1S/C14H17BrO2/c1-11(15)9-12-5-4-6-13(10-12)17-14-7-2-3-8-16-14/h4-6,10,14H,1-3,7-9H2. The Morgan fingerprint density at radius 2 is 2.35 bits per heavy atom. The molecule has 1 aliphatic rings. The van der Waals surface area contributed by atoms with Crippen LogP contribution < -0.4 is 4.74 Å². The summed E-state index contributed by atoms with van der Waals surface area (Å²) < 4.78 is 12.3. The van der Waals surface area contributed by atoms with E-state index in [1.54, 1.807) is 0 Å². The van der Waals surface area contributed by atoms with E-state index in [2.05, 4.69) is 28.6 Å². The van der Waals surface area contributed by atoms with Gasteiger partial charge in [-0.3, -0.25) is 0 Å². The minimum atomic E-state index is -0.0776. The van der Waals surface area contributed by atoms with Crippen LogP contribution in [0.25, 0.3) is 0 Å². The van der Waals surface area contributed by atoms with Gasteiger partial charge in [0.1, 0.15) is 5.75 Å². The Hall–Kier alpha value is -0.800. The fourth-order valence-electron chi connectivity index (χ4n) is 1.91. The summed E-state index contributed by atoms with van der Waals surface area (Å²) in [5, 5.41) is 0. The molecule has 2 nitrogen and oxygen atoms in total. The predicted octanol–water partition coefficient (Wildman–Crippen LogP) is 4.04. The van der Waals surface area contributed by atoms with E-state index < -0.39 is 0 Å². The highest BCUT2D eigenvalue weighted by Crippen LogP contribution is 2.21. The van der Waals surface area contributed by atoms with Crippen molar-refractivity contribution in [1.82, 2.24) is 0 Å². The number of halogens is 1.